The standard InChI is InChI=1S/C13H18ClNO3S/c1-18-8-10(16)6-7-15-13(17)9-19-12-5-3-2-4-11(12)14/h2-5,10,16H,6-9H2,1H3,(H,15,17). The van der Waals surface area contributed by atoms with E-state index in [0.29, 0.717) is 23.7 Å². The largest absolute Gasteiger partial charge is 0.391 e. The van der Waals surface area contributed by atoms with Crippen LogP contribution in [-0.4, -0.2) is 43.1 Å². The van der Waals surface area contributed by atoms with Crippen LogP contribution >= 0.6 is 23.4 Å². The minimum absolute atomic E-state index is 0.0745. The van der Waals surface area contributed by atoms with Crippen molar-refractivity contribution in [3.05, 3.63) is 29.3 Å². The Balaban J connectivity index is 2.20. The second-order valence-electron chi connectivity index (χ2n) is 3.97. The molecule has 0 saturated heterocycles. The van der Waals surface area contributed by atoms with Crippen LogP contribution in [0.1, 0.15) is 6.42 Å². The first-order chi connectivity index (χ1) is 9.13. The fourth-order valence-electron chi connectivity index (χ4n) is 1.41. The summed E-state index contributed by atoms with van der Waals surface area (Å²) >= 11 is 7.38. The van der Waals surface area contributed by atoms with E-state index in [0.717, 1.165) is 4.90 Å². The van der Waals surface area contributed by atoms with E-state index in [1.165, 1.54) is 18.9 Å². The Morgan fingerprint density at radius 2 is 2.26 bits per heavy atom. The van der Waals surface area contributed by atoms with Crippen molar-refractivity contribution in [1.82, 2.24) is 5.32 Å². The summed E-state index contributed by atoms with van der Waals surface area (Å²) in [5.41, 5.74) is 0. The second kappa shape index (κ2) is 9.20. The number of hydrogen-bond donors (Lipinski definition) is 2. The zero-order valence-electron chi connectivity index (χ0n) is 10.8. The molecule has 0 spiro atoms. The van der Waals surface area contributed by atoms with Gasteiger partial charge >= 0.3 is 0 Å². The van der Waals surface area contributed by atoms with Gasteiger partial charge in [-0.15, -0.1) is 11.8 Å². The Kier molecular flexibility index (Phi) is 7.90. The Bertz CT molecular complexity index is 403. The van der Waals surface area contributed by atoms with Gasteiger partial charge in [0.15, 0.2) is 0 Å². The molecule has 1 rings (SSSR count). The molecule has 0 heterocycles. The van der Waals surface area contributed by atoms with Gasteiger partial charge in [-0.25, -0.2) is 0 Å². The van der Waals surface area contributed by atoms with Crippen molar-refractivity contribution in [3.63, 3.8) is 0 Å². The molecule has 0 fully saturated rings. The molecule has 0 aliphatic carbocycles. The second-order valence-corrected chi connectivity index (χ2v) is 5.39. The number of carbonyl (C=O) groups excluding carboxylic acids is 1. The van der Waals surface area contributed by atoms with Gasteiger partial charge in [0.05, 0.1) is 23.5 Å². The van der Waals surface area contributed by atoms with Gasteiger partial charge in [-0.2, -0.15) is 0 Å². The molecule has 0 bridgehead atoms. The lowest BCUT2D eigenvalue weighted by Crippen LogP contribution is -2.29. The van der Waals surface area contributed by atoms with Crippen LogP contribution in [0.15, 0.2) is 29.2 Å². The molecule has 0 saturated carbocycles. The molecular formula is C13H18ClNO3S. The van der Waals surface area contributed by atoms with Crippen molar-refractivity contribution >= 4 is 29.3 Å². The first kappa shape index (κ1) is 16.3. The summed E-state index contributed by atoms with van der Waals surface area (Å²) in [5, 5.41) is 12.8. The van der Waals surface area contributed by atoms with Crippen molar-refractivity contribution in [2.75, 3.05) is 26.0 Å². The predicted molar refractivity (Wildman–Crippen MR) is 77.7 cm³/mol. The molecule has 4 nitrogen and oxygen atoms in total. The highest BCUT2D eigenvalue weighted by atomic mass is 35.5. The number of amides is 1. The number of nitrogens with one attached hydrogen (secondary N) is 1. The third kappa shape index (κ3) is 6.82. The van der Waals surface area contributed by atoms with Gasteiger partial charge in [0.2, 0.25) is 5.91 Å². The molecule has 1 aromatic rings. The molecule has 1 aromatic carbocycles. The number of rotatable bonds is 8. The van der Waals surface area contributed by atoms with Crippen LogP contribution in [0.4, 0.5) is 0 Å². The summed E-state index contributed by atoms with van der Waals surface area (Å²) in [6, 6.07) is 7.41. The van der Waals surface area contributed by atoms with Gasteiger partial charge in [0.1, 0.15) is 0 Å². The van der Waals surface area contributed by atoms with Crippen LogP contribution < -0.4 is 5.32 Å². The summed E-state index contributed by atoms with van der Waals surface area (Å²) in [6.07, 6.45) is -0.0578. The molecule has 6 heteroatoms. The molecule has 0 radical (unpaired) electrons. The minimum Gasteiger partial charge on any atom is -0.391 e. The number of halogens is 1. The van der Waals surface area contributed by atoms with Crippen LogP contribution in [0.5, 0.6) is 0 Å². The summed E-state index contributed by atoms with van der Waals surface area (Å²) in [5.74, 6) is 0.235. The third-order valence-corrected chi connectivity index (χ3v) is 3.87. The molecule has 19 heavy (non-hydrogen) atoms. The normalized spacial score (nSPS) is 12.2. The number of carbonyl (C=O) groups is 1. The van der Waals surface area contributed by atoms with Crippen molar-refractivity contribution < 1.29 is 14.6 Å². The van der Waals surface area contributed by atoms with Crippen LogP contribution in [0.3, 0.4) is 0 Å². The monoisotopic (exact) mass is 303 g/mol. The van der Waals surface area contributed by atoms with E-state index in [-0.39, 0.29) is 12.5 Å². The number of thioether (sulfide) groups is 1. The minimum atomic E-state index is -0.540. The van der Waals surface area contributed by atoms with E-state index < -0.39 is 6.10 Å². The van der Waals surface area contributed by atoms with Crippen LogP contribution in [0.25, 0.3) is 0 Å². The average molecular weight is 304 g/mol. The predicted octanol–water partition coefficient (Wildman–Crippen LogP) is 1.95. The van der Waals surface area contributed by atoms with Crippen LogP contribution in [0.2, 0.25) is 5.02 Å². The highest BCUT2D eigenvalue weighted by Crippen LogP contribution is 2.26. The number of ether oxygens (including phenoxy) is 1. The Labute approximate surface area is 122 Å². The van der Waals surface area contributed by atoms with E-state index >= 15 is 0 Å². The molecule has 1 unspecified atom stereocenters. The molecule has 106 valence electrons. The highest BCUT2D eigenvalue weighted by molar-refractivity contribution is 8.00. The fraction of sp³-hybridized carbons (Fsp3) is 0.462. The third-order valence-electron chi connectivity index (χ3n) is 2.35. The van der Waals surface area contributed by atoms with Gasteiger partial charge in [-0.1, -0.05) is 23.7 Å². The maximum absolute atomic E-state index is 11.6. The molecule has 0 aromatic heterocycles. The molecule has 1 atom stereocenters. The smallest absolute Gasteiger partial charge is 0.230 e. The molecular weight excluding hydrogens is 286 g/mol. The number of aliphatic hydroxyl groups is 1. The van der Waals surface area contributed by atoms with E-state index in [4.69, 9.17) is 16.3 Å². The lowest BCUT2D eigenvalue weighted by molar-refractivity contribution is -0.118. The van der Waals surface area contributed by atoms with Gasteiger partial charge in [0.25, 0.3) is 0 Å². The van der Waals surface area contributed by atoms with Gasteiger partial charge in [-0.3, -0.25) is 4.79 Å². The molecule has 1 amide bonds. The number of methoxy groups -OCH3 is 1. The quantitative estimate of drug-likeness (QED) is 0.721. The summed E-state index contributed by atoms with van der Waals surface area (Å²) in [6.45, 7) is 0.719. The van der Waals surface area contributed by atoms with Gasteiger partial charge in [-0.05, 0) is 18.6 Å². The van der Waals surface area contributed by atoms with Crippen molar-refractivity contribution in [3.8, 4) is 0 Å². The number of hydrogen-bond acceptors (Lipinski definition) is 4. The van der Waals surface area contributed by atoms with E-state index in [2.05, 4.69) is 5.32 Å². The average Bonchev–Trinajstić information content (AvgIpc) is 2.38. The van der Waals surface area contributed by atoms with Gasteiger partial charge < -0.3 is 15.2 Å². The van der Waals surface area contributed by atoms with Crippen molar-refractivity contribution in [2.45, 2.75) is 17.4 Å². The first-order valence-corrected chi connectivity index (χ1v) is 7.31. The van der Waals surface area contributed by atoms with Crippen molar-refractivity contribution in [2.24, 2.45) is 0 Å². The maximum Gasteiger partial charge on any atom is 0.230 e. The zero-order chi connectivity index (χ0) is 14.1. The SMILES string of the molecule is COCC(O)CCNC(=O)CSc1ccccc1Cl. The highest BCUT2D eigenvalue weighted by Gasteiger charge is 2.07. The summed E-state index contributed by atoms with van der Waals surface area (Å²) in [4.78, 5) is 12.5. The van der Waals surface area contributed by atoms with Gasteiger partial charge in [0, 0.05) is 18.6 Å². The fourth-order valence-corrected chi connectivity index (χ4v) is 2.48. The molecule has 0 aliphatic heterocycles. The summed E-state index contributed by atoms with van der Waals surface area (Å²) < 4.78 is 4.80. The Morgan fingerprint density at radius 1 is 1.53 bits per heavy atom. The lowest BCUT2D eigenvalue weighted by Gasteiger charge is -2.10. The van der Waals surface area contributed by atoms with E-state index in [1.807, 2.05) is 18.2 Å². The van der Waals surface area contributed by atoms with E-state index in [1.54, 1.807) is 6.07 Å². The maximum atomic E-state index is 11.6. The van der Waals surface area contributed by atoms with Crippen LogP contribution in [-0.2, 0) is 9.53 Å². The summed E-state index contributed by atoms with van der Waals surface area (Å²) in [7, 11) is 1.53. The number of benzene rings is 1. The molecule has 2 N–H and O–H groups in total. The number of aliphatic hydroxyl groups excluding tert-OH is 1. The topological polar surface area (TPSA) is 58.6 Å². The molecule has 0 aliphatic rings. The zero-order valence-corrected chi connectivity index (χ0v) is 12.3. The Morgan fingerprint density at radius 3 is 2.95 bits per heavy atom. The lowest BCUT2D eigenvalue weighted by atomic mass is 10.3. The Hall–Kier alpha value is -0.750. The first-order valence-electron chi connectivity index (χ1n) is 5.94. The van der Waals surface area contributed by atoms with E-state index in [9.17, 15) is 9.90 Å². The van der Waals surface area contributed by atoms with Crippen molar-refractivity contribution in [1.29, 1.82) is 0 Å². The van der Waals surface area contributed by atoms with Crippen LogP contribution in [0, 0.1) is 0 Å².